The predicted molar refractivity (Wildman–Crippen MR) is 114 cm³/mol. The Morgan fingerprint density at radius 2 is 1.04 bits per heavy atom. The smallest absolute Gasteiger partial charge is 0.129 e. The van der Waals surface area contributed by atoms with E-state index in [9.17, 15) is 0 Å². The maximum Gasteiger partial charge on any atom is 0.129 e. The van der Waals surface area contributed by atoms with Gasteiger partial charge in [-0.05, 0) is 35.0 Å². The molecule has 0 saturated carbocycles. The molecule has 1 aliphatic rings. The molecule has 1 aliphatic heterocycles. The van der Waals surface area contributed by atoms with Crippen LogP contribution in [0.5, 0.6) is 0 Å². The number of nitrogens with zero attached hydrogens (tertiary/aromatic N) is 2. The van der Waals surface area contributed by atoms with Crippen LogP contribution in [-0.4, -0.2) is 13.1 Å². The van der Waals surface area contributed by atoms with Gasteiger partial charge < -0.3 is 9.80 Å². The Kier molecular flexibility index (Phi) is 4.02. The summed E-state index contributed by atoms with van der Waals surface area (Å²) in [5, 5.41) is 2.62. The van der Waals surface area contributed by atoms with Gasteiger partial charge in [-0.15, -0.1) is 0 Å². The molecular weight excluding hydrogens is 328 g/mol. The summed E-state index contributed by atoms with van der Waals surface area (Å²) in [4.78, 5) is 5.05. The molecule has 1 saturated heterocycles. The van der Waals surface area contributed by atoms with E-state index in [0.29, 0.717) is 0 Å². The van der Waals surface area contributed by atoms with E-state index in [-0.39, 0.29) is 6.17 Å². The minimum Gasteiger partial charge on any atom is -0.346 e. The highest BCUT2D eigenvalue weighted by molar-refractivity contribution is 5.87. The van der Waals surface area contributed by atoms with Crippen molar-refractivity contribution in [2.75, 3.05) is 22.9 Å². The van der Waals surface area contributed by atoms with Crippen molar-refractivity contribution < 1.29 is 0 Å². The topological polar surface area (TPSA) is 6.48 Å². The van der Waals surface area contributed by atoms with Crippen molar-refractivity contribution in [3.63, 3.8) is 0 Å². The Labute approximate surface area is 160 Å². The molecule has 4 aromatic carbocycles. The summed E-state index contributed by atoms with van der Waals surface area (Å²) in [6.07, 6.45) is 0.181. The first-order valence-corrected chi connectivity index (χ1v) is 9.53. The highest BCUT2D eigenvalue weighted by Crippen LogP contribution is 2.39. The Morgan fingerprint density at radius 1 is 0.519 bits per heavy atom. The molecule has 0 amide bonds. The first kappa shape index (κ1) is 16.0. The normalized spacial score (nSPS) is 14.8. The van der Waals surface area contributed by atoms with Crippen molar-refractivity contribution in [1.29, 1.82) is 0 Å². The van der Waals surface area contributed by atoms with Crippen molar-refractivity contribution in [2.24, 2.45) is 0 Å². The molecule has 27 heavy (non-hydrogen) atoms. The second-order valence-corrected chi connectivity index (χ2v) is 7.00. The molecule has 0 aromatic heterocycles. The number of fused-ring (bicyclic) bond motifs is 1. The van der Waals surface area contributed by atoms with Crippen LogP contribution < -0.4 is 9.80 Å². The summed E-state index contributed by atoms with van der Waals surface area (Å²) in [5.74, 6) is 0. The Bertz CT molecular complexity index is 991. The Balaban J connectivity index is 1.68. The van der Waals surface area contributed by atoms with Crippen LogP contribution in [0.1, 0.15) is 11.7 Å². The van der Waals surface area contributed by atoms with E-state index >= 15 is 0 Å². The van der Waals surface area contributed by atoms with Crippen molar-refractivity contribution in [1.82, 2.24) is 0 Å². The maximum atomic E-state index is 2.52. The van der Waals surface area contributed by atoms with Gasteiger partial charge in [0.15, 0.2) is 0 Å². The lowest BCUT2D eigenvalue weighted by atomic mass is 10.0. The minimum atomic E-state index is 0.181. The van der Waals surface area contributed by atoms with E-state index < -0.39 is 0 Å². The first-order chi connectivity index (χ1) is 13.4. The monoisotopic (exact) mass is 350 g/mol. The molecule has 0 spiro atoms. The number of hydrogen-bond acceptors (Lipinski definition) is 2. The fraction of sp³-hybridized carbons (Fsp3) is 0.120. The third kappa shape index (κ3) is 2.83. The molecule has 0 atom stereocenters. The van der Waals surface area contributed by atoms with Crippen molar-refractivity contribution in [2.45, 2.75) is 6.17 Å². The van der Waals surface area contributed by atoms with Gasteiger partial charge in [-0.2, -0.15) is 0 Å². The lowest BCUT2D eigenvalue weighted by Crippen LogP contribution is -2.31. The predicted octanol–water partition coefficient (Wildman–Crippen LogP) is 5.87. The van der Waals surface area contributed by atoms with Gasteiger partial charge in [0.2, 0.25) is 0 Å². The van der Waals surface area contributed by atoms with Crippen LogP contribution in [0.4, 0.5) is 11.4 Å². The Hall–Kier alpha value is -3.26. The van der Waals surface area contributed by atoms with Crippen LogP contribution in [0.3, 0.4) is 0 Å². The van der Waals surface area contributed by atoms with Gasteiger partial charge in [0.25, 0.3) is 0 Å². The lowest BCUT2D eigenvalue weighted by molar-refractivity contribution is 0.723. The molecule has 2 nitrogen and oxygen atoms in total. The van der Waals surface area contributed by atoms with Gasteiger partial charge in [-0.25, -0.2) is 0 Å². The SMILES string of the molecule is c1ccc(N2CCN(c3ccccc3)C2c2cccc3ccccc23)cc1. The molecule has 0 radical (unpaired) electrons. The molecule has 132 valence electrons. The zero-order valence-corrected chi connectivity index (χ0v) is 15.2. The molecule has 1 fully saturated rings. The molecule has 0 bridgehead atoms. The molecule has 1 heterocycles. The highest BCUT2D eigenvalue weighted by Gasteiger charge is 2.34. The van der Waals surface area contributed by atoms with E-state index in [0.717, 1.165) is 13.1 Å². The lowest BCUT2D eigenvalue weighted by Gasteiger charge is -2.34. The molecule has 5 rings (SSSR count). The number of anilines is 2. The summed E-state index contributed by atoms with van der Waals surface area (Å²) >= 11 is 0. The summed E-state index contributed by atoms with van der Waals surface area (Å²) in [6.45, 7) is 2.01. The maximum absolute atomic E-state index is 2.52. The number of hydrogen-bond donors (Lipinski definition) is 0. The number of benzene rings is 4. The summed E-state index contributed by atoms with van der Waals surface area (Å²) in [6, 6.07) is 36.9. The molecule has 4 aromatic rings. The van der Waals surface area contributed by atoms with Crippen LogP contribution in [0, 0.1) is 0 Å². The summed E-state index contributed by atoms with van der Waals surface area (Å²) < 4.78 is 0. The van der Waals surface area contributed by atoms with Gasteiger partial charge in [0.1, 0.15) is 6.17 Å². The van der Waals surface area contributed by atoms with Gasteiger partial charge >= 0.3 is 0 Å². The zero-order chi connectivity index (χ0) is 18.1. The van der Waals surface area contributed by atoms with Crippen molar-refractivity contribution >= 4 is 22.1 Å². The third-order valence-corrected chi connectivity index (χ3v) is 5.45. The quantitative estimate of drug-likeness (QED) is 0.456. The average molecular weight is 350 g/mol. The molecule has 0 aliphatic carbocycles. The molecular formula is C25H22N2. The number of rotatable bonds is 3. The van der Waals surface area contributed by atoms with E-state index in [1.165, 1.54) is 27.7 Å². The zero-order valence-electron chi connectivity index (χ0n) is 15.2. The minimum absolute atomic E-state index is 0.181. The largest absolute Gasteiger partial charge is 0.346 e. The molecule has 0 N–H and O–H groups in total. The van der Waals surface area contributed by atoms with Gasteiger partial charge in [0, 0.05) is 30.0 Å². The summed E-state index contributed by atoms with van der Waals surface area (Å²) in [5.41, 5.74) is 3.90. The molecule has 0 unspecified atom stereocenters. The van der Waals surface area contributed by atoms with Crippen molar-refractivity contribution in [3.05, 3.63) is 109 Å². The van der Waals surface area contributed by atoms with Gasteiger partial charge in [0.05, 0.1) is 0 Å². The van der Waals surface area contributed by atoms with Crippen LogP contribution in [0.2, 0.25) is 0 Å². The van der Waals surface area contributed by atoms with Gasteiger partial charge in [-0.3, -0.25) is 0 Å². The van der Waals surface area contributed by atoms with Crippen LogP contribution in [0.15, 0.2) is 103 Å². The highest BCUT2D eigenvalue weighted by atomic mass is 15.4. The standard InChI is InChI=1S/C25H22N2/c1-3-12-21(13-4-1)26-18-19-27(22-14-5-2-6-15-22)25(26)24-17-9-11-20-10-7-8-16-23(20)24/h1-17,25H,18-19H2. The van der Waals surface area contributed by atoms with E-state index in [1.807, 2.05) is 0 Å². The average Bonchev–Trinajstić information content (AvgIpc) is 3.19. The fourth-order valence-corrected chi connectivity index (χ4v) is 4.22. The van der Waals surface area contributed by atoms with E-state index in [1.54, 1.807) is 0 Å². The van der Waals surface area contributed by atoms with E-state index in [2.05, 4.69) is 113 Å². The van der Waals surface area contributed by atoms with Crippen LogP contribution in [0.25, 0.3) is 10.8 Å². The second-order valence-electron chi connectivity index (χ2n) is 7.00. The Morgan fingerprint density at radius 3 is 1.67 bits per heavy atom. The third-order valence-electron chi connectivity index (χ3n) is 5.45. The fourth-order valence-electron chi connectivity index (χ4n) is 4.22. The van der Waals surface area contributed by atoms with E-state index in [4.69, 9.17) is 0 Å². The number of para-hydroxylation sites is 2. The van der Waals surface area contributed by atoms with Gasteiger partial charge in [-0.1, -0.05) is 78.9 Å². The van der Waals surface area contributed by atoms with Crippen LogP contribution >= 0.6 is 0 Å². The van der Waals surface area contributed by atoms with Crippen molar-refractivity contribution in [3.8, 4) is 0 Å². The molecule has 2 heteroatoms. The van der Waals surface area contributed by atoms with Crippen LogP contribution in [-0.2, 0) is 0 Å². The first-order valence-electron chi connectivity index (χ1n) is 9.53. The summed E-state index contributed by atoms with van der Waals surface area (Å²) in [7, 11) is 0. The second kappa shape index (κ2) is 6.81.